The van der Waals surface area contributed by atoms with Crippen LogP contribution in [-0.4, -0.2) is 62.1 Å². The van der Waals surface area contributed by atoms with Crippen molar-refractivity contribution < 1.29 is 9.53 Å². The Bertz CT molecular complexity index is 535. The molecule has 6 heteroatoms. The minimum Gasteiger partial charge on any atom is -0.497 e. The summed E-state index contributed by atoms with van der Waals surface area (Å²) in [7, 11) is 1.71. The molecule has 0 aromatic heterocycles. The van der Waals surface area contributed by atoms with Crippen molar-refractivity contribution in [2.45, 2.75) is 25.3 Å². The van der Waals surface area contributed by atoms with E-state index in [0.29, 0.717) is 18.4 Å². The lowest BCUT2D eigenvalue weighted by molar-refractivity contribution is -0.132. The molecule has 24 heavy (non-hydrogen) atoms. The van der Waals surface area contributed by atoms with Crippen LogP contribution in [-0.2, 0) is 4.79 Å². The lowest BCUT2D eigenvalue weighted by Gasteiger charge is -2.29. The number of nitrogens with one attached hydrogen (secondary N) is 1. The molecule has 2 heterocycles. The molecule has 1 aromatic carbocycles. The molecular formula is C18H28ClN3O2. The van der Waals surface area contributed by atoms with Crippen molar-refractivity contribution in [1.29, 1.82) is 0 Å². The van der Waals surface area contributed by atoms with Gasteiger partial charge in [-0.1, -0.05) is 12.1 Å². The third kappa shape index (κ3) is 4.62. The number of hydrogen-bond donors (Lipinski definition) is 1. The van der Waals surface area contributed by atoms with E-state index in [4.69, 9.17) is 4.74 Å². The zero-order chi connectivity index (χ0) is 16.1. The van der Waals surface area contributed by atoms with Gasteiger partial charge in [0.15, 0.2) is 0 Å². The highest BCUT2D eigenvalue weighted by molar-refractivity contribution is 5.85. The van der Waals surface area contributed by atoms with E-state index < -0.39 is 0 Å². The summed E-state index contributed by atoms with van der Waals surface area (Å²) in [5.41, 5.74) is 1.30. The van der Waals surface area contributed by atoms with Gasteiger partial charge in [-0.3, -0.25) is 9.69 Å². The molecule has 0 radical (unpaired) electrons. The van der Waals surface area contributed by atoms with Crippen molar-refractivity contribution in [3.63, 3.8) is 0 Å². The van der Waals surface area contributed by atoms with Gasteiger partial charge in [0, 0.05) is 45.2 Å². The number of carbonyl (C=O) groups is 1. The van der Waals surface area contributed by atoms with Gasteiger partial charge in [0.05, 0.1) is 7.11 Å². The molecule has 0 bridgehead atoms. The minimum atomic E-state index is 0. The Labute approximate surface area is 150 Å². The van der Waals surface area contributed by atoms with E-state index >= 15 is 0 Å². The molecule has 134 valence electrons. The highest BCUT2D eigenvalue weighted by Gasteiger charge is 2.27. The van der Waals surface area contributed by atoms with Gasteiger partial charge in [-0.25, -0.2) is 0 Å². The van der Waals surface area contributed by atoms with Gasteiger partial charge in [-0.2, -0.15) is 0 Å². The van der Waals surface area contributed by atoms with E-state index in [2.05, 4.69) is 28.4 Å². The summed E-state index contributed by atoms with van der Waals surface area (Å²) in [6, 6.07) is 8.75. The van der Waals surface area contributed by atoms with Gasteiger partial charge in [-0.05, 0) is 37.1 Å². The number of halogens is 1. The van der Waals surface area contributed by atoms with Gasteiger partial charge in [0.25, 0.3) is 0 Å². The third-order valence-corrected chi connectivity index (χ3v) is 4.92. The molecule has 3 rings (SSSR count). The predicted octanol–water partition coefficient (Wildman–Crippen LogP) is 2.08. The van der Waals surface area contributed by atoms with Crippen molar-refractivity contribution in [1.82, 2.24) is 15.1 Å². The molecular weight excluding hydrogens is 326 g/mol. The number of piperazine rings is 1. The summed E-state index contributed by atoms with van der Waals surface area (Å²) >= 11 is 0. The van der Waals surface area contributed by atoms with E-state index in [0.717, 1.165) is 51.4 Å². The lowest BCUT2D eigenvalue weighted by atomic mass is 10.0. The summed E-state index contributed by atoms with van der Waals surface area (Å²) in [5.74, 6) is 1.20. The molecule has 1 N–H and O–H groups in total. The maximum absolute atomic E-state index is 12.3. The second-order valence-corrected chi connectivity index (χ2v) is 6.35. The average molecular weight is 354 g/mol. The molecule has 2 fully saturated rings. The second-order valence-electron chi connectivity index (χ2n) is 6.35. The van der Waals surface area contributed by atoms with Crippen molar-refractivity contribution >= 4 is 18.3 Å². The normalized spacial score (nSPS) is 21.4. The quantitative estimate of drug-likeness (QED) is 0.880. The number of likely N-dealkylation sites (tertiary alicyclic amines) is 1. The van der Waals surface area contributed by atoms with Crippen LogP contribution >= 0.6 is 12.4 Å². The molecule has 1 atom stereocenters. The molecule has 2 aliphatic rings. The number of ether oxygens (including phenoxy) is 1. The molecule has 5 nitrogen and oxygen atoms in total. The number of hydrogen-bond acceptors (Lipinski definition) is 4. The Kier molecular flexibility index (Phi) is 7.34. The smallest absolute Gasteiger partial charge is 0.223 e. The fourth-order valence-electron chi connectivity index (χ4n) is 3.63. The molecule has 0 spiro atoms. The number of carbonyl (C=O) groups excluding carboxylic acids is 1. The van der Waals surface area contributed by atoms with Crippen LogP contribution < -0.4 is 10.1 Å². The Morgan fingerprint density at radius 1 is 1.29 bits per heavy atom. The van der Waals surface area contributed by atoms with Crippen molar-refractivity contribution in [3.05, 3.63) is 29.8 Å². The highest BCUT2D eigenvalue weighted by atomic mass is 35.5. The first-order valence-corrected chi connectivity index (χ1v) is 8.64. The highest BCUT2D eigenvalue weighted by Crippen LogP contribution is 2.33. The average Bonchev–Trinajstić information content (AvgIpc) is 3.09. The summed E-state index contributed by atoms with van der Waals surface area (Å²) in [6.07, 6.45) is 2.99. The monoisotopic (exact) mass is 353 g/mol. The minimum absolute atomic E-state index is 0. The van der Waals surface area contributed by atoms with Gasteiger partial charge < -0.3 is 15.0 Å². The van der Waals surface area contributed by atoms with Crippen LogP contribution in [0.4, 0.5) is 0 Å². The van der Waals surface area contributed by atoms with E-state index in [1.807, 2.05) is 11.0 Å². The van der Waals surface area contributed by atoms with Crippen LogP contribution in [0.15, 0.2) is 24.3 Å². The zero-order valence-corrected chi connectivity index (χ0v) is 15.2. The SMILES string of the molecule is COc1cccc(C2CCCN2CCC(=O)N2CCNCC2)c1.Cl. The summed E-state index contributed by atoms with van der Waals surface area (Å²) in [4.78, 5) is 16.8. The van der Waals surface area contributed by atoms with Crippen LogP contribution in [0.3, 0.4) is 0 Å². The van der Waals surface area contributed by atoms with Crippen molar-refractivity contribution in [2.24, 2.45) is 0 Å². The van der Waals surface area contributed by atoms with Crippen LogP contribution in [0.25, 0.3) is 0 Å². The van der Waals surface area contributed by atoms with Crippen LogP contribution in [0.5, 0.6) is 5.75 Å². The van der Waals surface area contributed by atoms with Crippen LogP contribution in [0, 0.1) is 0 Å². The van der Waals surface area contributed by atoms with E-state index in [-0.39, 0.29) is 12.4 Å². The first-order chi connectivity index (χ1) is 11.3. The zero-order valence-electron chi connectivity index (χ0n) is 14.4. The molecule has 1 aromatic rings. The number of methoxy groups -OCH3 is 1. The fourth-order valence-corrected chi connectivity index (χ4v) is 3.63. The first kappa shape index (κ1) is 19.0. The Morgan fingerprint density at radius 3 is 2.83 bits per heavy atom. The fraction of sp³-hybridized carbons (Fsp3) is 0.611. The Morgan fingerprint density at radius 2 is 2.08 bits per heavy atom. The largest absolute Gasteiger partial charge is 0.497 e. The molecule has 2 saturated heterocycles. The molecule has 2 aliphatic heterocycles. The topological polar surface area (TPSA) is 44.8 Å². The number of rotatable bonds is 5. The number of nitrogens with zero attached hydrogens (tertiary/aromatic N) is 2. The summed E-state index contributed by atoms with van der Waals surface area (Å²) in [6.45, 7) is 5.46. The summed E-state index contributed by atoms with van der Waals surface area (Å²) in [5, 5.41) is 3.29. The van der Waals surface area contributed by atoms with E-state index in [1.54, 1.807) is 7.11 Å². The standard InChI is InChI=1S/C18H27N3O2.ClH/c1-23-16-5-2-4-15(14-16)17-6-3-10-20(17)11-7-18(22)21-12-8-19-9-13-21;/h2,4-5,14,17,19H,3,6-13H2,1H3;1H. The number of benzene rings is 1. The molecule has 0 saturated carbocycles. The maximum Gasteiger partial charge on any atom is 0.223 e. The van der Waals surface area contributed by atoms with Crippen LogP contribution in [0.2, 0.25) is 0 Å². The number of amides is 1. The van der Waals surface area contributed by atoms with Gasteiger partial charge >= 0.3 is 0 Å². The van der Waals surface area contributed by atoms with Gasteiger partial charge in [0.2, 0.25) is 5.91 Å². The molecule has 1 unspecified atom stereocenters. The molecule has 1 amide bonds. The summed E-state index contributed by atoms with van der Waals surface area (Å²) < 4.78 is 5.34. The lowest BCUT2D eigenvalue weighted by Crippen LogP contribution is -2.47. The first-order valence-electron chi connectivity index (χ1n) is 8.64. The Balaban J connectivity index is 0.00000208. The van der Waals surface area contributed by atoms with Crippen molar-refractivity contribution in [3.8, 4) is 5.75 Å². The van der Waals surface area contributed by atoms with Gasteiger partial charge in [-0.15, -0.1) is 12.4 Å². The third-order valence-electron chi connectivity index (χ3n) is 4.92. The predicted molar refractivity (Wildman–Crippen MR) is 97.9 cm³/mol. The second kappa shape index (κ2) is 9.25. The van der Waals surface area contributed by atoms with E-state index in [9.17, 15) is 4.79 Å². The molecule has 0 aliphatic carbocycles. The van der Waals surface area contributed by atoms with Crippen molar-refractivity contribution in [2.75, 3.05) is 46.4 Å². The van der Waals surface area contributed by atoms with E-state index in [1.165, 1.54) is 12.0 Å². The van der Waals surface area contributed by atoms with Crippen LogP contribution in [0.1, 0.15) is 30.9 Å². The maximum atomic E-state index is 12.3. The van der Waals surface area contributed by atoms with Gasteiger partial charge in [0.1, 0.15) is 5.75 Å². The Hall–Kier alpha value is -1.30.